The molecule has 8 heteroatoms. The van der Waals surface area contributed by atoms with Gasteiger partial charge in [0.2, 0.25) is 0 Å². The number of hydrogen-bond acceptors (Lipinski definition) is 3. The lowest BCUT2D eigenvalue weighted by molar-refractivity contribution is -0.137. The first-order valence-corrected chi connectivity index (χ1v) is 8.82. The van der Waals surface area contributed by atoms with E-state index in [1.807, 2.05) is 12.1 Å². The third-order valence-corrected chi connectivity index (χ3v) is 4.94. The number of benzene rings is 2. The highest BCUT2D eigenvalue weighted by Gasteiger charge is 2.32. The van der Waals surface area contributed by atoms with Crippen LogP contribution in [0.5, 0.6) is 5.75 Å². The van der Waals surface area contributed by atoms with E-state index in [9.17, 15) is 18.0 Å². The quantitative estimate of drug-likeness (QED) is 0.849. The van der Waals surface area contributed by atoms with Crippen LogP contribution >= 0.6 is 0 Å². The molecule has 0 aliphatic carbocycles. The van der Waals surface area contributed by atoms with E-state index in [1.165, 1.54) is 17.0 Å². The lowest BCUT2D eigenvalue weighted by Gasteiger charge is -2.38. The molecule has 1 aliphatic rings. The number of amides is 1. The van der Waals surface area contributed by atoms with Crippen LogP contribution in [0.15, 0.2) is 48.5 Å². The van der Waals surface area contributed by atoms with Crippen molar-refractivity contribution in [2.24, 2.45) is 0 Å². The molecule has 1 N–H and O–H groups in total. The van der Waals surface area contributed by atoms with Crippen LogP contribution < -0.4 is 4.74 Å². The lowest BCUT2D eigenvalue weighted by atomic mass is 9.95. The van der Waals surface area contributed by atoms with E-state index in [1.54, 1.807) is 19.2 Å². The van der Waals surface area contributed by atoms with Gasteiger partial charge in [0.25, 0.3) is 0 Å². The molecule has 1 fully saturated rings. The van der Waals surface area contributed by atoms with Crippen LogP contribution in [-0.2, 0) is 6.18 Å². The molecule has 1 heterocycles. The number of ether oxygens (including phenoxy) is 1. The van der Waals surface area contributed by atoms with Crippen LogP contribution in [0.4, 0.5) is 18.0 Å². The topological polar surface area (TPSA) is 53.0 Å². The van der Waals surface area contributed by atoms with Gasteiger partial charge >= 0.3 is 12.3 Å². The summed E-state index contributed by atoms with van der Waals surface area (Å²) < 4.78 is 43.9. The van der Waals surface area contributed by atoms with E-state index in [0.29, 0.717) is 31.9 Å². The third kappa shape index (κ3) is 4.39. The highest BCUT2D eigenvalue weighted by atomic mass is 19.4. The molecule has 0 bridgehead atoms. The summed E-state index contributed by atoms with van der Waals surface area (Å²) in [6, 6.07) is 12.2. The molecule has 1 amide bonds. The Morgan fingerprint density at radius 1 is 0.964 bits per heavy atom. The minimum atomic E-state index is -4.39. The summed E-state index contributed by atoms with van der Waals surface area (Å²) in [5.41, 5.74) is 0.937. The van der Waals surface area contributed by atoms with Crippen molar-refractivity contribution in [1.82, 2.24) is 9.80 Å². The van der Waals surface area contributed by atoms with Crippen molar-refractivity contribution in [2.75, 3.05) is 33.3 Å². The standard InChI is InChI=1S/C20H21F3N2O3/c1-28-17-8-4-15(5-9-17)18(24-10-12-25(13-11-24)19(26)27)14-2-6-16(7-3-14)20(21,22)23/h2-9,18H,10-13H2,1H3,(H,26,27). The van der Waals surface area contributed by atoms with Crippen molar-refractivity contribution in [3.05, 3.63) is 65.2 Å². The SMILES string of the molecule is COc1ccc(C(c2ccc(C(F)(F)F)cc2)N2CCN(C(=O)O)CC2)cc1. The highest BCUT2D eigenvalue weighted by molar-refractivity contribution is 5.65. The van der Waals surface area contributed by atoms with Crippen molar-refractivity contribution >= 4 is 6.09 Å². The van der Waals surface area contributed by atoms with Crippen molar-refractivity contribution in [1.29, 1.82) is 0 Å². The summed E-state index contributed by atoms with van der Waals surface area (Å²) in [5.74, 6) is 0.686. The average molecular weight is 394 g/mol. The predicted molar refractivity (Wildman–Crippen MR) is 97.5 cm³/mol. The first-order chi connectivity index (χ1) is 13.3. The number of hydrogen-bond donors (Lipinski definition) is 1. The molecule has 0 spiro atoms. The summed E-state index contributed by atoms with van der Waals surface area (Å²) in [7, 11) is 1.56. The summed E-state index contributed by atoms with van der Waals surface area (Å²) in [6.45, 7) is 1.68. The fourth-order valence-electron chi connectivity index (χ4n) is 3.43. The number of halogens is 3. The Morgan fingerprint density at radius 2 is 1.46 bits per heavy atom. The zero-order valence-corrected chi connectivity index (χ0v) is 15.3. The monoisotopic (exact) mass is 394 g/mol. The number of carboxylic acid groups (broad SMARTS) is 1. The average Bonchev–Trinajstić information content (AvgIpc) is 2.69. The number of alkyl halides is 3. The zero-order valence-electron chi connectivity index (χ0n) is 15.3. The van der Waals surface area contributed by atoms with Gasteiger partial charge in [0.15, 0.2) is 0 Å². The van der Waals surface area contributed by atoms with Gasteiger partial charge in [-0.3, -0.25) is 4.90 Å². The Kier molecular flexibility index (Phi) is 5.79. The zero-order chi connectivity index (χ0) is 20.3. The van der Waals surface area contributed by atoms with E-state index in [2.05, 4.69) is 4.90 Å². The molecule has 150 valence electrons. The van der Waals surface area contributed by atoms with Gasteiger partial charge in [0.05, 0.1) is 18.7 Å². The van der Waals surface area contributed by atoms with Gasteiger partial charge in [-0.15, -0.1) is 0 Å². The summed E-state index contributed by atoms with van der Waals surface area (Å²) in [5, 5.41) is 9.15. The Labute approximate surface area is 160 Å². The van der Waals surface area contributed by atoms with E-state index >= 15 is 0 Å². The molecule has 0 radical (unpaired) electrons. The van der Waals surface area contributed by atoms with Gasteiger partial charge in [0.1, 0.15) is 5.75 Å². The van der Waals surface area contributed by atoms with Gasteiger partial charge in [-0.05, 0) is 35.4 Å². The van der Waals surface area contributed by atoms with Crippen LogP contribution in [0.1, 0.15) is 22.7 Å². The van der Waals surface area contributed by atoms with Gasteiger partial charge < -0.3 is 14.7 Å². The second kappa shape index (κ2) is 8.10. The van der Waals surface area contributed by atoms with E-state index in [0.717, 1.165) is 23.3 Å². The van der Waals surface area contributed by atoms with Gasteiger partial charge in [0, 0.05) is 26.2 Å². The molecule has 0 saturated carbocycles. The maximum absolute atomic E-state index is 12.9. The van der Waals surface area contributed by atoms with Crippen molar-refractivity contribution in [2.45, 2.75) is 12.2 Å². The fraction of sp³-hybridized carbons (Fsp3) is 0.350. The number of carbonyl (C=O) groups is 1. The van der Waals surface area contributed by atoms with Crippen molar-refractivity contribution < 1.29 is 27.8 Å². The molecular formula is C20H21F3N2O3. The highest BCUT2D eigenvalue weighted by Crippen LogP contribution is 2.34. The molecule has 2 aromatic rings. The van der Waals surface area contributed by atoms with E-state index in [4.69, 9.17) is 9.84 Å². The first-order valence-electron chi connectivity index (χ1n) is 8.82. The lowest BCUT2D eigenvalue weighted by Crippen LogP contribution is -2.49. The number of rotatable bonds is 4. The normalized spacial score (nSPS) is 16.6. The van der Waals surface area contributed by atoms with Crippen LogP contribution in [0.25, 0.3) is 0 Å². The fourth-order valence-corrected chi connectivity index (χ4v) is 3.43. The van der Waals surface area contributed by atoms with Crippen LogP contribution in [0, 0.1) is 0 Å². The molecule has 5 nitrogen and oxygen atoms in total. The Balaban J connectivity index is 1.91. The minimum absolute atomic E-state index is 0.274. The maximum atomic E-state index is 12.9. The van der Waals surface area contributed by atoms with Crippen LogP contribution in [0.3, 0.4) is 0 Å². The second-order valence-corrected chi connectivity index (χ2v) is 6.60. The third-order valence-electron chi connectivity index (χ3n) is 4.94. The van der Waals surface area contributed by atoms with E-state index < -0.39 is 17.8 Å². The first kappa shape index (κ1) is 20.0. The Hall–Kier alpha value is -2.74. The van der Waals surface area contributed by atoms with Crippen molar-refractivity contribution in [3.63, 3.8) is 0 Å². The molecule has 3 rings (SSSR count). The summed E-state index contributed by atoms with van der Waals surface area (Å²) >= 11 is 0. The summed E-state index contributed by atoms with van der Waals surface area (Å²) in [6.07, 6.45) is -5.35. The molecule has 2 aromatic carbocycles. The minimum Gasteiger partial charge on any atom is -0.497 e. The molecule has 1 aliphatic heterocycles. The molecule has 1 atom stereocenters. The number of nitrogens with zero attached hydrogens (tertiary/aromatic N) is 2. The van der Waals surface area contributed by atoms with Gasteiger partial charge in [-0.2, -0.15) is 13.2 Å². The van der Waals surface area contributed by atoms with Crippen LogP contribution in [-0.4, -0.2) is 54.3 Å². The molecule has 1 saturated heterocycles. The largest absolute Gasteiger partial charge is 0.497 e. The second-order valence-electron chi connectivity index (χ2n) is 6.60. The van der Waals surface area contributed by atoms with Gasteiger partial charge in [-0.25, -0.2) is 4.79 Å². The smallest absolute Gasteiger partial charge is 0.416 e. The van der Waals surface area contributed by atoms with E-state index in [-0.39, 0.29) is 6.04 Å². The molecule has 0 aromatic heterocycles. The number of piperazine rings is 1. The Bertz CT molecular complexity index is 799. The molecule has 1 unspecified atom stereocenters. The predicted octanol–water partition coefficient (Wildman–Crippen LogP) is 4.10. The Morgan fingerprint density at radius 3 is 1.89 bits per heavy atom. The van der Waals surface area contributed by atoms with Crippen LogP contribution in [0.2, 0.25) is 0 Å². The van der Waals surface area contributed by atoms with Gasteiger partial charge in [-0.1, -0.05) is 24.3 Å². The molecular weight excluding hydrogens is 373 g/mol. The number of methoxy groups -OCH3 is 1. The van der Waals surface area contributed by atoms with Crippen molar-refractivity contribution in [3.8, 4) is 5.75 Å². The molecule has 28 heavy (non-hydrogen) atoms. The maximum Gasteiger partial charge on any atom is 0.416 e. The summed E-state index contributed by atoms with van der Waals surface area (Å²) in [4.78, 5) is 14.6.